The number of aromatic nitrogens is 2. The molecule has 2 heterocycles. The van der Waals surface area contributed by atoms with Crippen LogP contribution in [0, 0.1) is 5.92 Å². The van der Waals surface area contributed by atoms with Crippen LogP contribution in [-0.2, 0) is 0 Å². The monoisotopic (exact) mass is 390 g/mol. The van der Waals surface area contributed by atoms with Gasteiger partial charge in [0.05, 0.1) is 31.6 Å². The van der Waals surface area contributed by atoms with E-state index in [2.05, 4.69) is 33.6 Å². The summed E-state index contributed by atoms with van der Waals surface area (Å²) in [6.07, 6.45) is 3.44. The first-order valence-electron chi connectivity index (χ1n) is 9.37. The first kappa shape index (κ1) is 19.9. The Hall–Kier alpha value is -1.89. The molecule has 0 radical (unpaired) electrons. The highest BCUT2D eigenvalue weighted by Gasteiger charge is 2.25. The van der Waals surface area contributed by atoms with Crippen LogP contribution in [-0.4, -0.2) is 59.4 Å². The van der Waals surface area contributed by atoms with Crippen molar-refractivity contribution in [2.75, 3.05) is 44.3 Å². The van der Waals surface area contributed by atoms with Gasteiger partial charge in [-0.2, -0.15) is 4.98 Å². The second-order valence-corrected chi connectivity index (χ2v) is 7.63. The SMILES string of the molecule is CC(C)COc1cncc(N2CCN(C(CO)c3ccc(Cl)cc3)CC2)n1. The second kappa shape index (κ2) is 9.35. The number of hydrogen-bond donors (Lipinski definition) is 1. The van der Waals surface area contributed by atoms with Gasteiger partial charge in [0.15, 0.2) is 5.82 Å². The fraction of sp³-hybridized carbons (Fsp3) is 0.500. The molecule has 1 atom stereocenters. The van der Waals surface area contributed by atoms with Gasteiger partial charge in [-0.1, -0.05) is 37.6 Å². The quantitative estimate of drug-likeness (QED) is 0.784. The van der Waals surface area contributed by atoms with Gasteiger partial charge in [-0.25, -0.2) is 0 Å². The zero-order valence-electron chi connectivity index (χ0n) is 15.9. The molecular formula is C20H27ClN4O2. The molecule has 6 nitrogen and oxygen atoms in total. The van der Waals surface area contributed by atoms with E-state index in [-0.39, 0.29) is 12.6 Å². The topological polar surface area (TPSA) is 61.7 Å². The summed E-state index contributed by atoms with van der Waals surface area (Å²) in [7, 11) is 0. The molecule has 27 heavy (non-hydrogen) atoms. The Morgan fingerprint density at radius 3 is 2.44 bits per heavy atom. The molecule has 0 bridgehead atoms. The molecule has 1 aromatic heterocycles. The molecule has 146 valence electrons. The maximum absolute atomic E-state index is 9.90. The Labute approximate surface area is 165 Å². The van der Waals surface area contributed by atoms with Gasteiger partial charge in [0.2, 0.25) is 5.88 Å². The van der Waals surface area contributed by atoms with Crippen molar-refractivity contribution >= 4 is 17.4 Å². The average molecular weight is 391 g/mol. The predicted molar refractivity (Wildman–Crippen MR) is 107 cm³/mol. The van der Waals surface area contributed by atoms with Crippen molar-refractivity contribution < 1.29 is 9.84 Å². The van der Waals surface area contributed by atoms with Crippen molar-refractivity contribution in [2.24, 2.45) is 5.92 Å². The lowest BCUT2D eigenvalue weighted by Crippen LogP contribution is -2.48. The Morgan fingerprint density at radius 1 is 1.11 bits per heavy atom. The van der Waals surface area contributed by atoms with Crippen LogP contribution in [0.3, 0.4) is 0 Å². The highest BCUT2D eigenvalue weighted by molar-refractivity contribution is 6.30. The Balaban J connectivity index is 1.61. The van der Waals surface area contributed by atoms with Crippen molar-refractivity contribution in [1.82, 2.24) is 14.9 Å². The zero-order valence-corrected chi connectivity index (χ0v) is 16.6. The molecule has 0 spiro atoms. The standard InChI is InChI=1S/C20H27ClN4O2/c1-15(2)14-27-20-12-22-11-19(23-20)25-9-7-24(8-10-25)18(13-26)16-3-5-17(21)6-4-16/h3-6,11-12,15,18,26H,7-10,13-14H2,1-2H3. The molecule has 1 unspecified atom stereocenters. The molecule has 1 fully saturated rings. The van der Waals surface area contributed by atoms with Gasteiger partial charge in [0.25, 0.3) is 0 Å². The van der Waals surface area contributed by atoms with Crippen LogP contribution in [0.2, 0.25) is 5.02 Å². The molecule has 1 saturated heterocycles. The third kappa shape index (κ3) is 5.31. The molecule has 2 aromatic rings. The van der Waals surface area contributed by atoms with Crippen molar-refractivity contribution in [3.63, 3.8) is 0 Å². The van der Waals surface area contributed by atoms with Gasteiger partial charge in [-0.3, -0.25) is 9.88 Å². The number of nitrogens with zero attached hydrogens (tertiary/aromatic N) is 4. The first-order valence-corrected chi connectivity index (χ1v) is 9.74. The summed E-state index contributed by atoms with van der Waals surface area (Å²) in [5, 5.41) is 10.6. The van der Waals surface area contributed by atoms with E-state index in [0.717, 1.165) is 37.6 Å². The van der Waals surface area contributed by atoms with Crippen molar-refractivity contribution in [3.8, 4) is 5.88 Å². The van der Waals surface area contributed by atoms with Crippen LogP contribution in [0.15, 0.2) is 36.7 Å². The average Bonchev–Trinajstić information content (AvgIpc) is 2.69. The van der Waals surface area contributed by atoms with Gasteiger partial charge < -0.3 is 14.7 Å². The maximum Gasteiger partial charge on any atom is 0.234 e. The van der Waals surface area contributed by atoms with Gasteiger partial charge in [-0.15, -0.1) is 0 Å². The normalized spacial score (nSPS) is 16.6. The van der Waals surface area contributed by atoms with E-state index in [1.807, 2.05) is 24.3 Å². The Morgan fingerprint density at radius 2 is 1.81 bits per heavy atom. The second-order valence-electron chi connectivity index (χ2n) is 7.19. The van der Waals surface area contributed by atoms with Crippen LogP contribution in [0.5, 0.6) is 5.88 Å². The third-order valence-electron chi connectivity index (χ3n) is 4.67. The summed E-state index contributed by atoms with van der Waals surface area (Å²) in [6.45, 7) is 8.26. The van der Waals surface area contributed by atoms with E-state index in [9.17, 15) is 5.11 Å². The molecule has 1 aliphatic heterocycles. The van der Waals surface area contributed by atoms with E-state index in [4.69, 9.17) is 16.3 Å². The summed E-state index contributed by atoms with van der Waals surface area (Å²) < 4.78 is 5.69. The lowest BCUT2D eigenvalue weighted by atomic mass is 10.1. The molecule has 1 aliphatic rings. The third-order valence-corrected chi connectivity index (χ3v) is 4.92. The summed E-state index contributed by atoms with van der Waals surface area (Å²) in [6, 6.07) is 7.69. The van der Waals surface area contributed by atoms with Crippen LogP contribution < -0.4 is 9.64 Å². The molecule has 1 aromatic carbocycles. The van der Waals surface area contributed by atoms with Crippen molar-refractivity contribution in [2.45, 2.75) is 19.9 Å². The molecule has 0 amide bonds. The van der Waals surface area contributed by atoms with Crippen LogP contribution in [0.1, 0.15) is 25.5 Å². The van der Waals surface area contributed by atoms with Gasteiger partial charge >= 0.3 is 0 Å². The Kier molecular flexibility index (Phi) is 6.88. The molecular weight excluding hydrogens is 364 g/mol. The predicted octanol–water partition coefficient (Wildman–Crippen LogP) is 3.02. The largest absolute Gasteiger partial charge is 0.476 e. The molecule has 0 saturated carbocycles. The fourth-order valence-corrected chi connectivity index (χ4v) is 3.32. The number of ether oxygens (including phenoxy) is 1. The molecule has 1 N–H and O–H groups in total. The first-order chi connectivity index (χ1) is 13.1. The number of benzene rings is 1. The number of hydrogen-bond acceptors (Lipinski definition) is 6. The van der Waals surface area contributed by atoms with Crippen LogP contribution in [0.4, 0.5) is 5.82 Å². The number of anilines is 1. The zero-order chi connectivity index (χ0) is 19.2. The number of rotatable bonds is 7. The summed E-state index contributed by atoms with van der Waals surface area (Å²) in [5.74, 6) is 1.85. The van der Waals surface area contributed by atoms with Crippen molar-refractivity contribution in [1.29, 1.82) is 0 Å². The number of piperazine rings is 1. The summed E-state index contributed by atoms with van der Waals surface area (Å²) in [4.78, 5) is 13.4. The Bertz CT molecular complexity index is 718. The fourth-order valence-electron chi connectivity index (χ4n) is 3.19. The van der Waals surface area contributed by atoms with Gasteiger partial charge in [0, 0.05) is 31.2 Å². The maximum atomic E-state index is 9.90. The smallest absolute Gasteiger partial charge is 0.234 e. The number of aliphatic hydroxyl groups excluding tert-OH is 1. The lowest BCUT2D eigenvalue weighted by molar-refractivity contribution is 0.117. The van der Waals surface area contributed by atoms with E-state index in [1.165, 1.54) is 0 Å². The summed E-state index contributed by atoms with van der Waals surface area (Å²) >= 11 is 5.98. The molecule has 7 heteroatoms. The van der Waals surface area contributed by atoms with Crippen LogP contribution >= 0.6 is 11.6 Å². The minimum atomic E-state index is -0.0174. The van der Waals surface area contributed by atoms with E-state index in [0.29, 0.717) is 23.4 Å². The van der Waals surface area contributed by atoms with E-state index in [1.54, 1.807) is 12.4 Å². The highest BCUT2D eigenvalue weighted by Crippen LogP contribution is 2.25. The molecule has 3 rings (SSSR count). The van der Waals surface area contributed by atoms with Gasteiger partial charge in [0.1, 0.15) is 0 Å². The van der Waals surface area contributed by atoms with Crippen LogP contribution in [0.25, 0.3) is 0 Å². The highest BCUT2D eigenvalue weighted by atomic mass is 35.5. The minimum absolute atomic E-state index is 0.0174. The minimum Gasteiger partial charge on any atom is -0.476 e. The van der Waals surface area contributed by atoms with Crippen molar-refractivity contribution in [3.05, 3.63) is 47.2 Å². The lowest BCUT2D eigenvalue weighted by Gasteiger charge is -2.39. The van der Waals surface area contributed by atoms with E-state index >= 15 is 0 Å². The van der Waals surface area contributed by atoms with E-state index < -0.39 is 0 Å². The number of aliphatic hydroxyl groups is 1. The van der Waals surface area contributed by atoms with Gasteiger partial charge in [-0.05, 0) is 23.6 Å². The summed E-state index contributed by atoms with van der Waals surface area (Å²) in [5.41, 5.74) is 1.08. The molecule has 0 aliphatic carbocycles. The number of halogens is 1.